The summed E-state index contributed by atoms with van der Waals surface area (Å²) in [5.74, 6) is -0.210. The minimum absolute atomic E-state index is 0.210. The largest absolute Gasteiger partial charge is 0.463 e. The molecule has 0 aromatic rings. The molecule has 0 heterocycles. The van der Waals surface area contributed by atoms with Crippen molar-refractivity contribution in [1.29, 1.82) is 0 Å². The van der Waals surface area contributed by atoms with Crippen LogP contribution < -0.4 is 0 Å². The molecule has 0 radical (unpaired) electrons. The number of allylic oxidation sites excluding steroid dienone is 1. The van der Waals surface area contributed by atoms with Crippen molar-refractivity contribution in [3.63, 3.8) is 0 Å². The van der Waals surface area contributed by atoms with Crippen molar-refractivity contribution in [1.82, 2.24) is 0 Å². The molecule has 0 amide bonds. The second-order valence-corrected chi connectivity index (χ2v) is 6.89. The van der Waals surface area contributed by atoms with Gasteiger partial charge in [0, 0.05) is 6.08 Å². The van der Waals surface area contributed by atoms with Gasteiger partial charge in [-0.3, -0.25) is 0 Å². The van der Waals surface area contributed by atoms with Crippen molar-refractivity contribution in [2.24, 2.45) is 0 Å². The van der Waals surface area contributed by atoms with Crippen molar-refractivity contribution in [2.45, 2.75) is 117 Å². The van der Waals surface area contributed by atoms with Crippen LogP contribution in [0.25, 0.3) is 0 Å². The molecule has 0 spiro atoms. The van der Waals surface area contributed by atoms with Gasteiger partial charge >= 0.3 is 5.97 Å². The third-order valence-electron chi connectivity index (χ3n) is 4.51. The predicted octanol–water partition coefficient (Wildman–Crippen LogP) is 7.37. The van der Waals surface area contributed by atoms with E-state index in [1.54, 1.807) is 6.08 Å². The first kappa shape index (κ1) is 23.2. The number of unbranched alkanes of at least 4 members (excludes halogenated alkanes) is 15. The normalized spacial score (nSPS) is 11.2. The summed E-state index contributed by atoms with van der Waals surface area (Å²) in [4.78, 5) is 11.1. The van der Waals surface area contributed by atoms with Crippen LogP contribution >= 0.6 is 0 Å². The number of carbonyl (C=O) groups is 1. The van der Waals surface area contributed by atoms with Crippen LogP contribution in [0.2, 0.25) is 0 Å². The van der Waals surface area contributed by atoms with Crippen LogP contribution in [0.5, 0.6) is 0 Å². The highest BCUT2D eigenvalue weighted by atomic mass is 16.5. The summed E-state index contributed by atoms with van der Waals surface area (Å²) in [5.41, 5.74) is 0. The number of carbonyl (C=O) groups excluding carboxylic acids is 1. The van der Waals surface area contributed by atoms with E-state index in [4.69, 9.17) is 4.74 Å². The zero-order valence-corrected chi connectivity index (χ0v) is 16.5. The average molecular weight is 339 g/mol. The molecule has 0 aliphatic rings. The van der Waals surface area contributed by atoms with E-state index in [0.717, 1.165) is 6.42 Å². The number of hydrogen-bond donors (Lipinski definition) is 0. The van der Waals surface area contributed by atoms with Crippen molar-refractivity contribution in [3.05, 3.63) is 12.2 Å². The van der Waals surface area contributed by atoms with Gasteiger partial charge < -0.3 is 4.74 Å². The van der Waals surface area contributed by atoms with E-state index >= 15 is 0 Å². The number of hydrogen-bond acceptors (Lipinski definition) is 2. The Kier molecular flexibility index (Phi) is 19.6. The molecule has 0 unspecified atom stereocenters. The van der Waals surface area contributed by atoms with Gasteiger partial charge in [0.2, 0.25) is 0 Å². The van der Waals surface area contributed by atoms with Gasteiger partial charge in [0.05, 0.1) is 6.61 Å². The van der Waals surface area contributed by atoms with E-state index in [9.17, 15) is 4.79 Å². The van der Waals surface area contributed by atoms with Gasteiger partial charge in [0.15, 0.2) is 0 Å². The lowest BCUT2D eigenvalue weighted by Crippen LogP contribution is -1.98. The van der Waals surface area contributed by atoms with Gasteiger partial charge in [-0.15, -0.1) is 0 Å². The fourth-order valence-corrected chi connectivity index (χ4v) is 3.00. The van der Waals surface area contributed by atoms with Gasteiger partial charge in [0.1, 0.15) is 0 Å². The van der Waals surface area contributed by atoms with E-state index in [1.807, 2.05) is 13.0 Å². The van der Waals surface area contributed by atoms with Gasteiger partial charge in [0.25, 0.3) is 0 Å². The topological polar surface area (TPSA) is 26.3 Å². The lowest BCUT2D eigenvalue weighted by atomic mass is 10.0. The minimum Gasteiger partial charge on any atom is -0.463 e. The maximum absolute atomic E-state index is 11.1. The summed E-state index contributed by atoms with van der Waals surface area (Å²) >= 11 is 0. The maximum atomic E-state index is 11.1. The Labute approximate surface area is 151 Å². The highest BCUT2D eigenvalue weighted by Crippen LogP contribution is 2.13. The molecule has 0 bridgehead atoms. The van der Waals surface area contributed by atoms with Crippen LogP contribution in [0.4, 0.5) is 0 Å². The molecule has 0 saturated carbocycles. The molecule has 24 heavy (non-hydrogen) atoms. The quantitative estimate of drug-likeness (QED) is 0.148. The van der Waals surface area contributed by atoms with E-state index in [2.05, 4.69) is 6.92 Å². The van der Waals surface area contributed by atoms with E-state index in [-0.39, 0.29) is 5.97 Å². The summed E-state index contributed by atoms with van der Waals surface area (Å²) in [6, 6.07) is 0. The van der Waals surface area contributed by atoms with Crippen molar-refractivity contribution < 1.29 is 9.53 Å². The molecular formula is C22H42O2. The van der Waals surface area contributed by atoms with E-state index < -0.39 is 0 Å². The SMILES string of the molecule is CCCCCCCCCCCCCCCCC/C=C/C(=O)OCC. The van der Waals surface area contributed by atoms with Gasteiger partial charge in [-0.1, -0.05) is 103 Å². The first-order valence-corrected chi connectivity index (χ1v) is 10.6. The Morgan fingerprint density at radius 2 is 1.08 bits per heavy atom. The van der Waals surface area contributed by atoms with Crippen LogP contribution in [0.1, 0.15) is 117 Å². The molecule has 0 atom stereocenters. The fraction of sp³-hybridized carbons (Fsp3) is 0.864. The molecule has 2 nitrogen and oxygen atoms in total. The number of rotatable bonds is 18. The fourth-order valence-electron chi connectivity index (χ4n) is 3.00. The summed E-state index contributed by atoms with van der Waals surface area (Å²) in [6.45, 7) is 4.58. The summed E-state index contributed by atoms with van der Waals surface area (Å²) in [5, 5.41) is 0. The molecule has 0 aliphatic heterocycles. The molecule has 0 aromatic carbocycles. The maximum Gasteiger partial charge on any atom is 0.330 e. The minimum atomic E-state index is -0.210. The highest BCUT2D eigenvalue weighted by molar-refractivity contribution is 5.81. The van der Waals surface area contributed by atoms with Crippen LogP contribution in [-0.2, 0) is 9.53 Å². The van der Waals surface area contributed by atoms with Crippen LogP contribution in [0.15, 0.2) is 12.2 Å². The molecule has 2 heteroatoms. The smallest absolute Gasteiger partial charge is 0.330 e. The van der Waals surface area contributed by atoms with Crippen molar-refractivity contribution >= 4 is 5.97 Å². The molecule has 0 fully saturated rings. The third kappa shape index (κ3) is 19.3. The number of ether oxygens (including phenoxy) is 1. The zero-order chi connectivity index (χ0) is 17.7. The summed E-state index contributed by atoms with van der Waals surface area (Å²) < 4.78 is 4.85. The second kappa shape index (κ2) is 20.3. The Hall–Kier alpha value is -0.790. The summed E-state index contributed by atoms with van der Waals surface area (Å²) in [6.07, 6.45) is 25.4. The van der Waals surface area contributed by atoms with Crippen LogP contribution in [0, 0.1) is 0 Å². The molecule has 142 valence electrons. The lowest BCUT2D eigenvalue weighted by molar-refractivity contribution is -0.137. The molecule has 0 saturated heterocycles. The van der Waals surface area contributed by atoms with E-state index in [0.29, 0.717) is 6.61 Å². The van der Waals surface area contributed by atoms with E-state index in [1.165, 1.54) is 96.3 Å². The predicted molar refractivity (Wildman–Crippen MR) is 105 cm³/mol. The third-order valence-corrected chi connectivity index (χ3v) is 4.51. The zero-order valence-electron chi connectivity index (χ0n) is 16.5. The Morgan fingerprint density at radius 1 is 0.667 bits per heavy atom. The Morgan fingerprint density at radius 3 is 1.50 bits per heavy atom. The van der Waals surface area contributed by atoms with Gasteiger partial charge in [-0.2, -0.15) is 0 Å². The second-order valence-electron chi connectivity index (χ2n) is 6.89. The molecular weight excluding hydrogens is 296 g/mol. The Bertz CT molecular complexity index is 284. The first-order chi connectivity index (χ1) is 11.8. The molecule has 0 aliphatic carbocycles. The highest BCUT2D eigenvalue weighted by Gasteiger charge is 1.95. The summed E-state index contributed by atoms with van der Waals surface area (Å²) in [7, 11) is 0. The van der Waals surface area contributed by atoms with Crippen molar-refractivity contribution in [3.8, 4) is 0 Å². The Balaban J connectivity index is 3.09. The standard InChI is InChI=1S/C22H42O2/c1-3-5-6-7-8-9-10-11-12-13-14-15-16-17-18-19-20-21-22(23)24-4-2/h20-21H,3-19H2,1-2H3/b21-20+. The average Bonchev–Trinajstić information content (AvgIpc) is 2.58. The van der Waals surface area contributed by atoms with Crippen LogP contribution in [-0.4, -0.2) is 12.6 Å². The number of esters is 1. The molecule has 0 rings (SSSR count). The van der Waals surface area contributed by atoms with Gasteiger partial charge in [-0.25, -0.2) is 4.79 Å². The molecule has 0 N–H and O–H groups in total. The monoisotopic (exact) mass is 338 g/mol. The molecule has 0 aromatic heterocycles. The van der Waals surface area contributed by atoms with Crippen LogP contribution in [0.3, 0.4) is 0 Å². The van der Waals surface area contributed by atoms with Crippen molar-refractivity contribution in [2.75, 3.05) is 6.61 Å². The van der Waals surface area contributed by atoms with Gasteiger partial charge in [-0.05, 0) is 19.8 Å². The first-order valence-electron chi connectivity index (χ1n) is 10.6. The lowest BCUT2D eigenvalue weighted by Gasteiger charge is -2.03.